The number of phenols is 1. The maximum absolute atomic E-state index is 12.9. The van der Waals surface area contributed by atoms with E-state index in [0.717, 1.165) is 11.1 Å². The average molecular weight is 622 g/mol. The molecule has 0 amide bonds. The molecule has 0 spiro atoms. The van der Waals surface area contributed by atoms with Gasteiger partial charge in [0.1, 0.15) is 18.4 Å². The van der Waals surface area contributed by atoms with Crippen LogP contribution in [-0.4, -0.2) is 84.1 Å². The van der Waals surface area contributed by atoms with Crippen molar-refractivity contribution >= 4 is 29.5 Å². The summed E-state index contributed by atoms with van der Waals surface area (Å²) in [5, 5.41) is 21.9. The van der Waals surface area contributed by atoms with E-state index in [2.05, 4.69) is 15.9 Å². The lowest BCUT2D eigenvalue weighted by atomic mass is 9.71. The number of thioether (sulfide) groups is 1. The SMILES string of the molecule is COc1c(C)cc2c(c1O)[C@H]1[C@@H]3C4SCC(=O)C(=O)OC[C@@H](c5c6c(c(C)c(OC(C)=O)c54)OCO6)N3[C@@H](C#N)[C@@H](C2)N1C. The van der Waals surface area contributed by atoms with Gasteiger partial charge in [0.2, 0.25) is 12.6 Å². The summed E-state index contributed by atoms with van der Waals surface area (Å²) in [5.74, 6) is -0.855. The standard InChI is InChI=1S/C31H31N3O9S/c1-12-6-15-7-16-17(8-32)34-18-9-40-31(38)19(36)10-44-30(24(34)23(33(16)4)20(15)25(37)26(12)39-5)22-21(18)29-28(41-11-42-29)13(2)27(22)43-14(3)35/h6,16-18,23-24,30,37H,7,9-11H2,1-5H3/t16-,17+,18+,23+,24-,30?/m1/s1. The third kappa shape index (κ3) is 3.87. The molecule has 0 aromatic heterocycles. The molecule has 1 unspecified atom stereocenters. The molecule has 2 saturated heterocycles. The molecule has 2 aromatic carbocycles. The number of aryl methyl sites for hydroxylation is 1. The second-order valence-electron chi connectivity index (χ2n) is 11.8. The van der Waals surface area contributed by atoms with E-state index in [0.29, 0.717) is 51.7 Å². The Labute approximate surface area is 257 Å². The number of nitriles is 1. The number of benzene rings is 2. The van der Waals surface area contributed by atoms with Crippen LogP contribution in [0, 0.1) is 25.2 Å². The summed E-state index contributed by atoms with van der Waals surface area (Å²) < 4.78 is 29.0. The number of piperazine rings is 1. The molecule has 44 heavy (non-hydrogen) atoms. The summed E-state index contributed by atoms with van der Waals surface area (Å²) in [5.41, 5.74) is 4.16. The number of phenolic OH excluding ortho intramolecular Hbond substituents is 1. The number of carbonyl (C=O) groups excluding carboxylic acids is 3. The number of nitrogens with zero attached hydrogens (tertiary/aromatic N) is 3. The van der Waals surface area contributed by atoms with Gasteiger partial charge in [0, 0.05) is 41.3 Å². The van der Waals surface area contributed by atoms with Crippen LogP contribution in [-0.2, 0) is 25.5 Å². The lowest BCUT2D eigenvalue weighted by Crippen LogP contribution is -2.69. The third-order valence-corrected chi connectivity index (χ3v) is 10.8. The van der Waals surface area contributed by atoms with Crippen molar-refractivity contribution in [3.05, 3.63) is 39.4 Å². The summed E-state index contributed by atoms with van der Waals surface area (Å²) in [6.45, 7) is 4.65. The predicted molar refractivity (Wildman–Crippen MR) is 155 cm³/mol. The Morgan fingerprint density at radius 3 is 2.59 bits per heavy atom. The summed E-state index contributed by atoms with van der Waals surface area (Å²) in [4.78, 5) is 42.3. The maximum Gasteiger partial charge on any atom is 0.375 e. The Morgan fingerprint density at radius 1 is 1.14 bits per heavy atom. The van der Waals surface area contributed by atoms with E-state index in [4.69, 9.17) is 23.7 Å². The molecule has 6 atom stereocenters. The van der Waals surface area contributed by atoms with Gasteiger partial charge in [-0.3, -0.25) is 19.4 Å². The summed E-state index contributed by atoms with van der Waals surface area (Å²) in [6.07, 6.45) is 0.488. The number of Topliss-reactive ketones (excluding diaryl/α,β-unsaturated/α-hetero) is 1. The van der Waals surface area contributed by atoms with E-state index >= 15 is 0 Å². The van der Waals surface area contributed by atoms with Crippen LogP contribution in [0.4, 0.5) is 0 Å². The number of carbonyl (C=O) groups is 3. The fourth-order valence-electron chi connectivity index (χ4n) is 7.90. The zero-order valence-electron chi connectivity index (χ0n) is 24.8. The fourth-order valence-corrected chi connectivity index (χ4v) is 9.23. The molecule has 7 rings (SSSR count). The first-order valence-electron chi connectivity index (χ1n) is 14.3. The van der Waals surface area contributed by atoms with E-state index in [1.54, 1.807) is 6.92 Å². The minimum atomic E-state index is -0.949. The smallest absolute Gasteiger partial charge is 0.375 e. The number of likely N-dealkylation sites (N-methyl/N-ethyl adjacent to an activating group) is 1. The van der Waals surface area contributed by atoms with Gasteiger partial charge in [-0.1, -0.05) is 6.07 Å². The van der Waals surface area contributed by atoms with Gasteiger partial charge in [-0.25, -0.2) is 4.79 Å². The van der Waals surface area contributed by atoms with E-state index in [1.807, 2.05) is 20.0 Å². The second-order valence-corrected chi connectivity index (χ2v) is 12.9. The highest BCUT2D eigenvalue weighted by Crippen LogP contribution is 2.63. The van der Waals surface area contributed by atoms with Crippen molar-refractivity contribution in [2.24, 2.45) is 0 Å². The molecular weight excluding hydrogens is 590 g/mol. The molecule has 12 nitrogen and oxygen atoms in total. The molecule has 0 radical (unpaired) electrons. The Kier molecular flexibility index (Phi) is 6.73. The van der Waals surface area contributed by atoms with Crippen LogP contribution < -0.4 is 18.9 Å². The Morgan fingerprint density at radius 2 is 1.89 bits per heavy atom. The Balaban J connectivity index is 1.57. The quantitative estimate of drug-likeness (QED) is 0.298. The van der Waals surface area contributed by atoms with Crippen molar-refractivity contribution in [2.75, 3.05) is 33.3 Å². The number of esters is 2. The zero-order valence-corrected chi connectivity index (χ0v) is 25.6. The van der Waals surface area contributed by atoms with Crippen LogP contribution in [0.1, 0.15) is 57.6 Å². The number of aromatic hydroxyl groups is 1. The molecule has 0 aliphatic carbocycles. The van der Waals surface area contributed by atoms with Gasteiger partial charge in [0.05, 0.1) is 36.3 Å². The highest BCUT2D eigenvalue weighted by Gasteiger charge is 2.60. The van der Waals surface area contributed by atoms with Crippen molar-refractivity contribution < 1.29 is 43.2 Å². The van der Waals surface area contributed by atoms with Crippen molar-refractivity contribution in [1.29, 1.82) is 5.26 Å². The first-order valence-corrected chi connectivity index (χ1v) is 15.4. The van der Waals surface area contributed by atoms with Gasteiger partial charge in [-0.05, 0) is 38.4 Å². The fraction of sp³-hybridized carbons (Fsp3) is 0.484. The largest absolute Gasteiger partial charge is 0.504 e. The number of cyclic esters (lactones) is 1. The molecule has 5 aliphatic rings. The van der Waals surface area contributed by atoms with Gasteiger partial charge in [0.15, 0.2) is 23.0 Å². The molecule has 230 valence electrons. The zero-order chi connectivity index (χ0) is 31.2. The third-order valence-electron chi connectivity index (χ3n) is 9.54. The van der Waals surface area contributed by atoms with Crippen LogP contribution in [0.2, 0.25) is 0 Å². The van der Waals surface area contributed by atoms with Gasteiger partial charge in [-0.15, -0.1) is 11.8 Å². The van der Waals surface area contributed by atoms with Crippen molar-refractivity contribution in [3.8, 4) is 34.8 Å². The Hall–Kier alpha value is -3.99. The van der Waals surface area contributed by atoms with Crippen LogP contribution in [0.3, 0.4) is 0 Å². The van der Waals surface area contributed by atoms with E-state index < -0.39 is 47.1 Å². The lowest BCUT2D eigenvalue weighted by Gasteiger charge is -2.61. The van der Waals surface area contributed by atoms with E-state index in [9.17, 15) is 24.8 Å². The first-order chi connectivity index (χ1) is 21.1. The molecule has 2 aromatic rings. The number of rotatable bonds is 2. The molecule has 2 fully saturated rings. The topological polar surface area (TPSA) is 148 Å². The molecule has 13 heteroatoms. The number of hydrogen-bond acceptors (Lipinski definition) is 13. The van der Waals surface area contributed by atoms with Gasteiger partial charge >= 0.3 is 11.9 Å². The van der Waals surface area contributed by atoms with Crippen molar-refractivity contribution in [3.63, 3.8) is 0 Å². The molecule has 5 heterocycles. The molecule has 0 saturated carbocycles. The predicted octanol–water partition coefficient (Wildman–Crippen LogP) is 2.80. The van der Waals surface area contributed by atoms with Crippen LogP contribution >= 0.6 is 11.8 Å². The molecule has 1 N–H and O–H groups in total. The Bertz CT molecular complexity index is 1690. The highest BCUT2D eigenvalue weighted by atomic mass is 32.2. The number of ketones is 1. The lowest BCUT2D eigenvalue weighted by molar-refractivity contribution is -0.157. The summed E-state index contributed by atoms with van der Waals surface area (Å²) >= 11 is 1.22. The number of ether oxygens (including phenoxy) is 5. The van der Waals surface area contributed by atoms with E-state index in [-0.39, 0.29) is 30.9 Å². The molecule has 5 aliphatic heterocycles. The monoisotopic (exact) mass is 621 g/mol. The maximum atomic E-state index is 12.9. The van der Waals surface area contributed by atoms with Crippen molar-refractivity contribution in [1.82, 2.24) is 9.80 Å². The average Bonchev–Trinajstić information content (AvgIpc) is 3.47. The van der Waals surface area contributed by atoms with Gasteiger partial charge < -0.3 is 28.8 Å². The highest BCUT2D eigenvalue weighted by molar-refractivity contribution is 8.00. The van der Waals surface area contributed by atoms with E-state index in [1.165, 1.54) is 25.8 Å². The number of methoxy groups -OCH3 is 1. The number of fused-ring (bicyclic) bond motifs is 9. The van der Waals surface area contributed by atoms with Crippen molar-refractivity contribution in [2.45, 2.75) is 62.7 Å². The molecular formula is C31H31N3O9S. The number of hydrogen-bond donors (Lipinski definition) is 1. The minimum absolute atomic E-state index is 0.0240. The van der Waals surface area contributed by atoms with Crippen LogP contribution in [0.5, 0.6) is 28.7 Å². The second kappa shape index (κ2) is 10.3. The normalized spacial score (nSPS) is 28.7. The first kappa shape index (κ1) is 28.8. The van der Waals surface area contributed by atoms with Crippen LogP contribution in [0.15, 0.2) is 6.07 Å². The van der Waals surface area contributed by atoms with Crippen LogP contribution in [0.25, 0.3) is 0 Å². The van der Waals surface area contributed by atoms with Gasteiger partial charge in [0.25, 0.3) is 0 Å². The van der Waals surface area contributed by atoms with Gasteiger partial charge in [-0.2, -0.15) is 5.26 Å². The summed E-state index contributed by atoms with van der Waals surface area (Å²) in [6, 6.07) is 1.81. The molecule has 4 bridgehead atoms. The summed E-state index contributed by atoms with van der Waals surface area (Å²) in [7, 11) is 3.45. The minimum Gasteiger partial charge on any atom is -0.504 e.